The van der Waals surface area contributed by atoms with Crippen molar-refractivity contribution in [2.75, 3.05) is 13.2 Å². The number of aromatic nitrogens is 1. The number of amides is 3. The number of hydrogen-bond acceptors (Lipinski definition) is 6. The number of benzene rings is 1. The number of carbonyl (C=O) groups excluding carboxylic acids is 3. The molecule has 0 bridgehead atoms. The molecule has 0 aliphatic heterocycles. The average Bonchev–Trinajstić information content (AvgIpc) is 3.01. The molecule has 2 aromatic rings. The quantitative estimate of drug-likeness (QED) is 0.554. The van der Waals surface area contributed by atoms with Crippen LogP contribution in [-0.4, -0.2) is 36.0 Å². The van der Waals surface area contributed by atoms with Crippen molar-refractivity contribution in [1.29, 1.82) is 0 Å². The van der Waals surface area contributed by atoms with E-state index in [1.165, 1.54) is 11.3 Å². The van der Waals surface area contributed by atoms with Crippen LogP contribution in [0.5, 0.6) is 0 Å². The number of hydrogen-bond donors (Lipinski definition) is 2. The molecule has 7 nitrogen and oxygen atoms in total. The maximum atomic E-state index is 11.7. The number of rotatable bonds is 8. The molecule has 0 radical (unpaired) electrons. The largest absolute Gasteiger partial charge is 0.456 e. The van der Waals surface area contributed by atoms with E-state index in [9.17, 15) is 14.4 Å². The van der Waals surface area contributed by atoms with E-state index in [4.69, 9.17) is 4.74 Å². The molecule has 1 aromatic carbocycles. The van der Waals surface area contributed by atoms with E-state index in [0.29, 0.717) is 13.0 Å². The Hall–Kier alpha value is -2.48. The zero-order chi connectivity index (χ0) is 18.1. The van der Waals surface area contributed by atoms with Gasteiger partial charge in [0.05, 0.1) is 21.6 Å². The Balaban J connectivity index is 1.66. The van der Waals surface area contributed by atoms with Gasteiger partial charge in [-0.05, 0) is 18.6 Å². The zero-order valence-electron chi connectivity index (χ0n) is 14.0. The molecule has 0 aliphatic carbocycles. The lowest BCUT2D eigenvalue weighted by atomic mass is 10.3. The third-order valence-corrected chi connectivity index (χ3v) is 4.41. The number of imide groups is 1. The van der Waals surface area contributed by atoms with Crippen LogP contribution in [0.25, 0.3) is 10.2 Å². The van der Waals surface area contributed by atoms with Gasteiger partial charge in [0, 0.05) is 13.0 Å². The van der Waals surface area contributed by atoms with Crippen molar-refractivity contribution in [3.8, 4) is 0 Å². The first-order valence-electron chi connectivity index (χ1n) is 8.16. The summed E-state index contributed by atoms with van der Waals surface area (Å²) in [6, 6.07) is 7.17. The van der Waals surface area contributed by atoms with Gasteiger partial charge in [0.2, 0.25) is 0 Å². The smallest absolute Gasteiger partial charge is 0.321 e. The Labute approximate surface area is 149 Å². The lowest BCUT2D eigenvalue weighted by molar-refractivity contribution is -0.148. The summed E-state index contributed by atoms with van der Waals surface area (Å²) in [5.74, 6) is -1.15. The highest BCUT2D eigenvalue weighted by atomic mass is 32.1. The summed E-state index contributed by atoms with van der Waals surface area (Å²) in [7, 11) is 0. The molecule has 2 N–H and O–H groups in total. The maximum Gasteiger partial charge on any atom is 0.321 e. The fourth-order valence-electron chi connectivity index (χ4n) is 2.04. The number of ether oxygens (including phenoxy) is 1. The molecule has 1 heterocycles. The second-order valence-electron chi connectivity index (χ2n) is 5.39. The highest BCUT2D eigenvalue weighted by Gasteiger charge is 2.12. The molecule has 1 aromatic heterocycles. The van der Waals surface area contributed by atoms with Crippen LogP contribution in [-0.2, 0) is 20.7 Å². The van der Waals surface area contributed by atoms with Crippen LogP contribution < -0.4 is 10.6 Å². The van der Waals surface area contributed by atoms with E-state index in [1.54, 1.807) is 0 Å². The van der Waals surface area contributed by atoms with Crippen molar-refractivity contribution in [2.45, 2.75) is 32.6 Å². The van der Waals surface area contributed by atoms with Gasteiger partial charge in [-0.3, -0.25) is 14.9 Å². The van der Waals surface area contributed by atoms with Crippen LogP contribution in [0.1, 0.15) is 31.2 Å². The van der Waals surface area contributed by atoms with E-state index in [0.717, 1.165) is 28.1 Å². The number of nitrogens with zero attached hydrogens (tertiary/aromatic N) is 1. The number of carbonyl (C=O) groups is 3. The van der Waals surface area contributed by atoms with E-state index >= 15 is 0 Å². The average molecular weight is 363 g/mol. The van der Waals surface area contributed by atoms with E-state index in [1.807, 2.05) is 31.2 Å². The van der Waals surface area contributed by atoms with Crippen molar-refractivity contribution in [1.82, 2.24) is 15.6 Å². The number of unbranched alkanes of at least 4 members (excludes halogenated alkanes) is 1. The summed E-state index contributed by atoms with van der Waals surface area (Å²) < 4.78 is 5.94. The Morgan fingerprint density at radius 3 is 2.80 bits per heavy atom. The number of thiazole rings is 1. The standard InChI is InChI=1S/C17H21N3O4S/c1-2-3-10-18-17(23)20-14(21)11-24-16(22)9-8-15-19-12-6-4-5-7-13(12)25-15/h4-7H,2-3,8-11H2,1H3,(H2,18,20,21,23). The maximum absolute atomic E-state index is 11.7. The Kier molecular flexibility index (Phi) is 7.34. The van der Waals surface area contributed by atoms with Crippen molar-refractivity contribution < 1.29 is 19.1 Å². The summed E-state index contributed by atoms with van der Waals surface area (Å²) in [6.45, 7) is 2.02. The first-order valence-corrected chi connectivity index (χ1v) is 8.98. The second-order valence-corrected chi connectivity index (χ2v) is 6.51. The van der Waals surface area contributed by atoms with Crippen molar-refractivity contribution in [3.05, 3.63) is 29.3 Å². The van der Waals surface area contributed by atoms with Crippen LogP contribution >= 0.6 is 11.3 Å². The first-order chi connectivity index (χ1) is 12.1. The summed E-state index contributed by atoms with van der Waals surface area (Å²) in [5.41, 5.74) is 0.907. The number of urea groups is 1. The molecular weight excluding hydrogens is 342 g/mol. The normalized spacial score (nSPS) is 10.4. The van der Waals surface area contributed by atoms with Gasteiger partial charge < -0.3 is 10.1 Å². The topological polar surface area (TPSA) is 97.4 Å². The third kappa shape index (κ3) is 6.50. The van der Waals surface area contributed by atoms with Crippen LogP contribution in [0.4, 0.5) is 4.79 Å². The molecule has 0 saturated carbocycles. The van der Waals surface area contributed by atoms with Crippen LogP contribution in [0.2, 0.25) is 0 Å². The summed E-state index contributed by atoms with van der Waals surface area (Å²) in [5, 5.41) is 5.50. The predicted octanol–water partition coefficient (Wildman–Crippen LogP) is 2.40. The Morgan fingerprint density at radius 1 is 1.24 bits per heavy atom. The summed E-state index contributed by atoms with van der Waals surface area (Å²) in [6.07, 6.45) is 2.37. The Morgan fingerprint density at radius 2 is 2.04 bits per heavy atom. The summed E-state index contributed by atoms with van der Waals surface area (Å²) >= 11 is 1.53. The van der Waals surface area contributed by atoms with Gasteiger partial charge >= 0.3 is 12.0 Å². The first kappa shape index (κ1) is 18.9. The fourth-order valence-corrected chi connectivity index (χ4v) is 3.01. The van der Waals surface area contributed by atoms with Crippen molar-refractivity contribution >= 4 is 39.5 Å². The third-order valence-electron chi connectivity index (χ3n) is 3.31. The molecule has 0 unspecified atom stereocenters. The lowest BCUT2D eigenvalue weighted by Crippen LogP contribution is -2.41. The van der Waals surface area contributed by atoms with Gasteiger partial charge in [-0.2, -0.15) is 0 Å². The molecule has 0 aliphatic rings. The number of esters is 1. The molecule has 25 heavy (non-hydrogen) atoms. The number of aryl methyl sites for hydroxylation is 1. The molecular formula is C17H21N3O4S. The zero-order valence-corrected chi connectivity index (χ0v) is 14.9. The monoisotopic (exact) mass is 363 g/mol. The lowest BCUT2D eigenvalue weighted by Gasteiger charge is -2.06. The van der Waals surface area contributed by atoms with Crippen LogP contribution in [0.15, 0.2) is 24.3 Å². The van der Waals surface area contributed by atoms with Crippen LogP contribution in [0, 0.1) is 0 Å². The highest BCUT2D eigenvalue weighted by molar-refractivity contribution is 7.18. The van der Waals surface area contributed by atoms with Gasteiger partial charge in [0.25, 0.3) is 5.91 Å². The van der Waals surface area contributed by atoms with Crippen molar-refractivity contribution in [3.63, 3.8) is 0 Å². The summed E-state index contributed by atoms with van der Waals surface area (Å²) in [4.78, 5) is 39.0. The molecule has 3 amide bonds. The Bertz CT molecular complexity index is 711. The van der Waals surface area contributed by atoms with E-state index in [2.05, 4.69) is 15.6 Å². The molecule has 134 valence electrons. The highest BCUT2D eigenvalue weighted by Crippen LogP contribution is 2.22. The number of para-hydroxylation sites is 1. The van der Waals surface area contributed by atoms with Crippen molar-refractivity contribution in [2.24, 2.45) is 0 Å². The minimum atomic E-state index is -0.651. The molecule has 0 saturated heterocycles. The predicted molar refractivity (Wildman–Crippen MR) is 95.3 cm³/mol. The number of nitrogens with one attached hydrogen (secondary N) is 2. The molecule has 2 rings (SSSR count). The molecule has 8 heteroatoms. The van der Waals surface area contributed by atoms with Gasteiger partial charge in [0.1, 0.15) is 0 Å². The van der Waals surface area contributed by atoms with E-state index < -0.39 is 24.5 Å². The molecule has 0 fully saturated rings. The SMILES string of the molecule is CCCCNC(=O)NC(=O)COC(=O)CCc1nc2ccccc2s1. The van der Waals surface area contributed by atoms with Gasteiger partial charge in [-0.25, -0.2) is 9.78 Å². The minimum absolute atomic E-state index is 0.135. The van der Waals surface area contributed by atoms with E-state index in [-0.39, 0.29) is 6.42 Å². The van der Waals surface area contributed by atoms with Gasteiger partial charge in [-0.1, -0.05) is 25.5 Å². The van der Waals surface area contributed by atoms with Gasteiger partial charge in [-0.15, -0.1) is 11.3 Å². The molecule has 0 atom stereocenters. The minimum Gasteiger partial charge on any atom is -0.456 e. The fraction of sp³-hybridized carbons (Fsp3) is 0.412. The van der Waals surface area contributed by atoms with Gasteiger partial charge in [0.15, 0.2) is 6.61 Å². The second kappa shape index (κ2) is 9.73. The van der Waals surface area contributed by atoms with Crippen LogP contribution in [0.3, 0.4) is 0 Å². The number of fused-ring (bicyclic) bond motifs is 1. The molecule has 0 spiro atoms.